The summed E-state index contributed by atoms with van der Waals surface area (Å²) in [5.74, 6) is 0. The summed E-state index contributed by atoms with van der Waals surface area (Å²) >= 11 is 0. The third kappa shape index (κ3) is 2.68. The van der Waals surface area contributed by atoms with Gasteiger partial charge in [0.1, 0.15) is 0 Å². The van der Waals surface area contributed by atoms with Crippen LogP contribution in [0.5, 0.6) is 0 Å². The first kappa shape index (κ1) is 14.2. The van der Waals surface area contributed by atoms with E-state index >= 15 is 0 Å². The lowest BCUT2D eigenvalue weighted by Gasteiger charge is -2.38. The van der Waals surface area contributed by atoms with Gasteiger partial charge in [-0.2, -0.15) is 0 Å². The molecule has 0 amide bonds. The lowest BCUT2D eigenvalue weighted by atomic mass is 9.94. The van der Waals surface area contributed by atoms with Crippen molar-refractivity contribution in [3.05, 3.63) is 64.7 Å². The second-order valence-electron chi connectivity index (χ2n) is 6.04. The molecule has 1 aliphatic rings. The van der Waals surface area contributed by atoms with E-state index in [1.807, 2.05) is 0 Å². The second kappa shape index (κ2) is 5.90. The van der Waals surface area contributed by atoms with Crippen LogP contribution in [0.2, 0.25) is 0 Å². The van der Waals surface area contributed by atoms with Gasteiger partial charge in [0.25, 0.3) is 0 Å². The largest absolute Gasteiger partial charge is 0.363 e. The number of anilines is 1. The number of hydrogen-bond donors (Lipinski definition) is 1. The Hall–Kier alpha value is -1.80. The Kier molecular flexibility index (Phi) is 3.98. The smallest absolute Gasteiger partial charge is 0.0667 e. The van der Waals surface area contributed by atoms with Crippen molar-refractivity contribution in [1.82, 2.24) is 0 Å². The van der Waals surface area contributed by atoms with E-state index < -0.39 is 0 Å². The number of rotatable bonds is 3. The van der Waals surface area contributed by atoms with Gasteiger partial charge in [-0.3, -0.25) is 0 Å². The minimum atomic E-state index is 0.271. The van der Waals surface area contributed by atoms with Crippen molar-refractivity contribution in [3.63, 3.8) is 0 Å². The molecule has 1 unspecified atom stereocenters. The summed E-state index contributed by atoms with van der Waals surface area (Å²) in [7, 11) is 0. The van der Waals surface area contributed by atoms with Crippen LogP contribution in [0.25, 0.3) is 0 Å². The van der Waals surface area contributed by atoms with Crippen molar-refractivity contribution in [2.24, 2.45) is 5.73 Å². The zero-order valence-corrected chi connectivity index (χ0v) is 13.0. The molecule has 2 nitrogen and oxygen atoms in total. The fourth-order valence-corrected chi connectivity index (χ4v) is 3.46. The number of benzene rings is 2. The summed E-state index contributed by atoms with van der Waals surface area (Å²) in [6, 6.07) is 15.7. The number of nitrogens with two attached hydrogens (primary N) is 1. The topological polar surface area (TPSA) is 29.3 Å². The van der Waals surface area contributed by atoms with E-state index in [2.05, 4.69) is 61.2 Å². The number of fused-ring (bicyclic) bond motifs is 1. The van der Waals surface area contributed by atoms with Gasteiger partial charge < -0.3 is 10.6 Å². The lowest BCUT2D eigenvalue weighted by molar-refractivity contribution is 0.585. The van der Waals surface area contributed by atoms with Gasteiger partial charge >= 0.3 is 0 Å². The van der Waals surface area contributed by atoms with Gasteiger partial charge in [-0.1, -0.05) is 42.0 Å². The average molecular weight is 280 g/mol. The van der Waals surface area contributed by atoms with Crippen molar-refractivity contribution < 1.29 is 0 Å². The molecule has 2 aromatic rings. The highest BCUT2D eigenvalue weighted by molar-refractivity contribution is 5.58. The summed E-state index contributed by atoms with van der Waals surface area (Å²) in [6.07, 6.45) is 2.39. The van der Waals surface area contributed by atoms with Gasteiger partial charge in [-0.25, -0.2) is 0 Å². The van der Waals surface area contributed by atoms with Crippen LogP contribution in [0.4, 0.5) is 5.69 Å². The molecule has 0 bridgehead atoms. The van der Waals surface area contributed by atoms with Crippen LogP contribution in [0.3, 0.4) is 0 Å². The SMILES string of the molecule is Cc1ccc2c(c1)CCCN2C(CN)c1ccccc1C. The quantitative estimate of drug-likeness (QED) is 0.927. The summed E-state index contributed by atoms with van der Waals surface area (Å²) < 4.78 is 0. The van der Waals surface area contributed by atoms with Crippen LogP contribution in [0.15, 0.2) is 42.5 Å². The Bertz CT molecular complexity index is 633. The van der Waals surface area contributed by atoms with E-state index in [9.17, 15) is 0 Å². The van der Waals surface area contributed by atoms with Crippen LogP contribution in [-0.2, 0) is 6.42 Å². The number of nitrogens with zero attached hydrogens (tertiary/aromatic N) is 1. The molecule has 0 radical (unpaired) electrons. The first-order valence-electron chi connectivity index (χ1n) is 7.82. The highest BCUT2D eigenvalue weighted by atomic mass is 15.2. The normalized spacial score (nSPS) is 15.7. The number of aryl methyl sites for hydroxylation is 3. The Balaban J connectivity index is 2.02. The Morgan fingerprint density at radius 3 is 2.71 bits per heavy atom. The second-order valence-corrected chi connectivity index (χ2v) is 6.04. The Morgan fingerprint density at radius 2 is 1.95 bits per heavy atom. The number of hydrogen-bond acceptors (Lipinski definition) is 2. The molecular weight excluding hydrogens is 256 g/mol. The van der Waals surface area contributed by atoms with Crippen LogP contribution in [0.1, 0.15) is 34.7 Å². The minimum absolute atomic E-state index is 0.271. The molecule has 0 aromatic heterocycles. The van der Waals surface area contributed by atoms with Crippen LogP contribution < -0.4 is 10.6 Å². The molecule has 0 aliphatic carbocycles. The van der Waals surface area contributed by atoms with Gasteiger partial charge in [-0.05, 0) is 49.4 Å². The molecule has 2 N–H and O–H groups in total. The third-order valence-corrected chi connectivity index (χ3v) is 4.54. The Labute approximate surface area is 127 Å². The molecular formula is C19H24N2. The van der Waals surface area contributed by atoms with Crippen molar-refractivity contribution in [3.8, 4) is 0 Å². The highest BCUT2D eigenvalue weighted by Gasteiger charge is 2.25. The molecule has 3 rings (SSSR count). The van der Waals surface area contributed by atoms with E-state index in [1.54, 1.807) is 0 Å². The Morgan fingerprint density at radius 1 is 1.14 bits per heavy atom. The van der Waals surface area contributed by atoms with Gasteiger partial charge in [-0.15, -0.1) is 0 Å². The lowest BCUT2D eigenvalue weighted by Crippen LogP contribution is -2.37. The zero-order chi connectivity index (χ0) is 14.8. The van der Waals surface area contributed by atoms with E-state index in [4.69, 9.17) is 5.73 Å². The molecule has 0 spiro atoms. The molecule has 0 saturated carbocycles. The molecule has 2 heteroatoms. The van der Waals surface area contributed by atoms with Gasteiger partial charge in [0.15, 0.2) is 0 Å². The maximum absolute atomic E-state index is 6.15. The predicted octanol–water partition coefficient (Wildman–Crippen LogP) is 3.76. The van der Waals surface area contributed by atoms with Crippen LogP contribution in [0, 0.1) is 13.8 Å². The molecule has 2 aromatic carbocycles. The molecule has 1 aliphatic heterocycles. The maximum atomic E-state index is 6.15. The molecule has 1 atom stereocenters. The molecule has 0 saturated heterocycles. The first-order chi connectivity index (χ1) is 10.2. The fraction of sp³-hybridized carbons (Fsp3) is 0.368. The molecule has 21 heavy (non-hydrogen) atoms. The van der Waals surface area contributed by atoms with Crippen LogP contribution in [-0.4, -0.2) is 13.1 Å². The summed E-state index contributed by atoms with van der Waals surface area (Å²) in [4.78, 5) is 2.50. The predicted molar refractivity (Wildman–Crippen MR) is 89.8 cm³/mol. The van der Waals surface area contributed by atoms with E-state index in [0.717, 1.165) is 6.54 Å². The summed E-state index contributed by atoms with van der Waals surface area (Å²) in [6.45, 7) is 6.09. The van der Waals surface area contributed by atoms with E-state index in [1.165, 1.54) is 40.8 Å². The fourth-order valence-electron chi connectivity index (χ4n) is 3.46. The van der Waals surface area contributed by atoms with Crippen molar-refractivity contribution >= 4 is 5.69 Å². The standard InChI is InChI=1S/C19H24N2/c1-14-9-10-18-16(12-14)7-5-11-21(18)19(13-20)17-8-4-3-6-15(17)2/h3-4,6,8-10,12,19H,5,7,11,13,20H2,1-2H3. The van der Waals surface area contributed by atoms with Crippen molar-refractivity contribution in [1.29, 1.82) is 0 Å². The van der Waals surface area contributed by atoms with Crippen molar-refractivity contribution in [2.45, 2.75) is 32.7 Å². The summed E-state index contributed by atoms with van der Waals surface area (Å²) in [5, 5.41) is 0. The maximum Gasteiger partial charge on any atom is 0.0667 e. The minimum Gasteiger partial charge on any atom is -0.363 e. The van der Waals surface area contributed by atoms with E-state index in [0.29, 0.717) is 6.54 Å². The third-order valence-electron chi connectivity index (χ3n) is 4.54. The molecule has 0 fully saturated rings. The zero-order valence-electron chi connectivity index (χ0n) is 13.0. The average Bonchev–Trinajstić information content (AvgIpc) is 2.49. The molecule has 1 heterocycles. The van der Waals surface area contributed by atoms with Gasteiger partial charge in [0.2, 0.25) is 0 Å². The summed E-state index contributed by atoms with van der Waals surface area (Å²) in [5.41, 5.74) is 13.0. The van der Waals surface area contributed by atoms with Gasteiger partial charge in [0.05, 0.1) is 6.04 Å². The van der Waals surface area contributed by atoms with Crippen LogP contribution >= 0.6 is 0 Å². The first-order valence-corrected chi connectivity index (χ1v) is 7.82. The van der Waals surface area contributed by atoms with E-state index in [-0.39, 0.29) is 6.04 Å². The highest BCUT2D eigenvalue weighted by Crippen LogP contribution is 2.35. The monoisotopic (exact) mass is 280 g/mol. The van der Waals surface area contributed by atoms with Gasteiger partial charge in [0, 0.05) is 18.8 Å². The van der Waals surface area contributed by atoms with Crippen molar-refractivity contribution in [2.75, 3.05) is 18.0 Å². The molecule has 110 valence electrons.